The molecule has 2 N–H and O–H groups in total. The smallest absolute Gasteiger partial charge is 0.191 e. The molecule has 1 aromatic heterocycles. The van der Waals surface area contributed by atoms with Gasteiger partial charge in [-0.05, 0) is 25.0 Å². The molecule has 2 aromatic rings. The molecule has 1 aromatic carbocycles. The average Bonchev–Trinajstić information content (AvgIpc) is 3.14. The number of benzene rings is 1. The van der Waals surface area contributed by atoms with Gasteiger partial charge in [-0.3, -0.25) is 9.20 Å². The minimum Gasteiger partial charge on any atom is -0.359 e. The summed E-state index contributed by atoms with van der Waals surface area (Å²) in [5.41, 5.74) is 1.01. The van der Waals surface area contributed by atoms with E-state index in [9.17, 15) is 4.21 Å². The summed E-state index contributed by atoms with van der Waals surface area (Å²) in [6, 6.07) is 11.5. The van der Waals surface area contributed by atoms with Gasteiger partial charge in [0.05, 0.1) is 23.0 Å². The summed E-state index contributed by atoms with van der Waals surface area (Å²) in [7, 11) is 0.688. The molecule has 1 atom stereocenters. The molecule has 142 valence electrons. The van der Waals surface area contributed by atoms with Crippen LogP contribution in [0.15, 0.2) is 50.8 Å². The number of aromatic nitrogens is 1. The SMILES string of the molecule is CCC(CC)c1cc(CNC(=NC)NCCS(=O)c2ccccc2)on1. The Morgan fingerprint density at radius 1 is 1.23 bits per heavy atom. The Hall–Kier alpha value is -2.15. The summed E-state index contributed by atoms with van der Waals surface area (Å²) in [4.78, 5) is 5.02. The van der Waals surface area contributed by atoms with E-state index in [1.807, 2.05) is 36.4 Å². The molecule has 0 aliphatic heterocycles. The van der Waals surface area contributed by atoms with Crippen molar-refractivity contribution in [3.8, 4) is 0 Å². The van der Waals surface area contributed by atoms with E-state index in [1.165, 1.54) is 0 Å². The molecule has 1 unspecified atom stereocenters. The van der Waals surface area contributed by atoms with E-state index >= 15 is 0 Å². The van der Waals surface area contributed by atoms with Crippen molar-refractivity contribution in [2.75, 3.05) is 19.3 Å². The number of hydrogen-bond acceptors (Lipinski definition) is 4. The molecule has 0 radical (unpaired) electrons. The van der Waals surface area contributed by atoms with Crippen molar-refractivity contribution in [2.45, 2.75) is 44.0 Å². The topological polar surface area (TPSA) is 79.5 Å². The van der Waals surface area contributed by atoms with E-state index in [0.29, 0.717) is 30.7 Å². The second kappa shape index (κ2) is 10.8. The van der Waals surface area contributed by atoms with E-state index in [2.05, 4.69) is 34.6 Å². The molecular formula is C19H28N4O2S. The number of nitrogens with zero attached hydrogens (tertiary/aromatic N) is 2. The molecule has 0 saturated carbocycles. The van der Waals surface area contributed by atoms with E-state index in [-0.39, 0.29) is 0 Å². The van der Waals surface area contributed by atoms with Crippen molar-refractivity contribution in [3.05, 3.63) is 47.9 Å². The lowest BCUT2D eigenvalue weighted by atomic mass is 9.99. The first-order valence-electron chi connectivity index (χ1n) is 9.01. The minimum atomic E-state index is -1.02. The number of guanidine groups is 1. The summed E-state index contributed by atoms with van der Waals surface area (Å²) in [6.07, 6.45) is 2.11. The first-order valence-corrected chi connectivity index (χ1v) is 10.3. The maximum atomic E-state index is 12.2. The van der Waals surface area contributed by atoms with Crippen LogP contribution in [0.3, 0.4) is 0 Å². The number of aliphatic imine (C=N–C) groups is 1. The highest BCUT2D eigenvalue weighted by Gasteiger charge is 2.13. The monoisotopic (exact) mass is 376 g/mol. The lowest BCUT2D eigenvalue weighted by Crippen LogP contribution is -2.38. The van der Waals surface area contributed by atoms with E-state index in [4.69, 9.17) is 4.52 Å². The Kier molecular flexibility index (Phi) is 8.34. The highest BCUT2D eigenvalue weighted by Crippen LogP contribution is 2.22. The molecule has 2 rings (SSSR count). The van der Waals surface area contributed by atoms with Crippen LogP contribution in [0, 0.1) is 0 Å². The fourth-order valence-electron chi connectivity index (χ4n) is 2.66. The number of hydrogen-bond donors (Lipinski definition) is 2. The van der Waals surface area contributed by atoms with Crippen LogP contribution >= 0.6 is 0 Å². The molecule has 0 aliphatic rings. The predicted molar refractivity (Wildman–Crippen MR) is 106 cm³/mol. The standard InChI is InChI=1S/C19H28N4O2S/c1-4-15(5-2)18-13-16(25-23-18)14-22-19(20-3)21-11-12-26(24)17-9-7-6-8-10-17/h6-10,13,15H,4-5,11-12,14H2,1-3H3,(H2,20,21,22). The molecule has 7 heteroatoms. The Balaban J connectivity index is 1.77. The minimum absolute atomic E-state index is 0.443. The second-order valence-corrected chi connectivity index (χ2v) is 7.52. The van der Waals surface area contributed by atoms with Crippen molar-refractivity contribution in [3.63, 3.8) is 0 Å². The first kappa shape index (κ1) is 20.2. The molecule has 0 fully saturated rings. The third-order valence-corrected chi connectivity index (χ3v) is 5.59. The van der Waals surface area contributed by atoms with Crippen molar-refractivity contribution < 1.29 is 8.73 Å². The highest BCUT2D eigenvalue weighted by molar-refractivity contribution is 7.85. The van der Waals surface area contributed by atoms with Crippen molar-refractivity contribution >= 4 is 16.8 Å². The third-order valence-electron chi connectivity index (χ3n) is 4.22. The molecule has 0 bridgehead atoms. The Morgan fingerprint density at radius 3 is 2.62 bits per heavy atom. The summed E-state index contributed by atoms with van der Waals surface area (Å²) in [6.45, 7) is 5.39. The molecule has 0 aliphatic carbocycles. The van der Waals surface area contributed by atoms with Crippen molar-refractivity contribution in [1.29, 1.82) is 0 Å². The lowest BCUT2D eigenvalue weighted by Gasteiger charge is -2.10. The highest BCUT2D eigenvalue weighted by atomic mass is 32.2. The van der Waals surface area contributed by atoms with Crippen LogP contribution in [0.2, 0.25) is 0 Å². The fourth-order valence-corrected chi connectivity index (χ4v) is 3.64. The molecule has 26 heavy (non-hydrogen) atoms. The van der Waals surface area contributed by atoms with Crippen molar-refractivity contribution in [2.24, 2.45) is 4.99 Å². The average molecular weight is 377 g/mol. The number of nitrogens with one attached hydrogen (secondary N) is 2. The third kappa shape index (κ3) is 5.98. The van der Waals surface area contributed by atoms with Gasteiger partial charge in [0.15, 0.2) is 11.7 Å². The Morgan fingerprint density at radius 2 is 1.96 bits per heavy atom. The summed E-state index contributed by atoms with van der Waals surface area (Å²) in [5, 5.41) is 10.5. The summed E-state index contributed by atoms with van der Waals surface area (Å²) < 4.78 is 17.6. The predicted octanol–water partition coefficient (Wildman–Crippen LogP) is 3.05. The Bertz CT molecular complexity index is 711. The van der Waals surface area contributed by atoms with Gasteiger partial charge in [0.25, 0.3) is 0 Å². The van der Waals surface area contributed by atoms with Crippen LogP contribution in [-0.2, 0) is 17.3 Å². The Labute approximate surface area is 157 Å². The molecule has 1 heterocycles. The first-order chi connectivity index (χ1) is 12.7. The van der Waals surface area contributed by atoms with Gasteiger partial charge in [0.1, 0.15) is 0 Å². The van der Waals surface area contributed by atoms with Crippen LogP contribution in [0.1, 0.15) is 44.1 Å². The van der Waals surface area contributed by atoms with Crippen LogP contribution in [0.25, 0.3) is 0 Å². The van der Waals surface area contributed by atoms with E-state index in [1.54, 1.807) is 7.05 Å². The maximum absolute atomic E-state index is 12.2. The normalized spacial score (nSPS) is 13.0. The fraction of sp³-hybridized carbons (Fsp3) is 0.474. The summed E-state index contributed by atoms with van der Waals surface area (Å²) in [5.74, 6) is 2.39. The van der Waals surface area contributed by atoms with Crippen molar-refractivity contribution in [1.82, 2.24) is 15.8 Å². The van der Waals surface area contributed by atoms with Gasteiger partial charge >= 0.3 is 0 Å². The van der Waals surface area contributed by atoms with Gasteiger partial charge in [-0.25, -0.2) is 0 Å². The summed E-state index contributed by atoms with van der Waals surface area (Å²) >= 11 is 0. The van der Waals surface area contributed by atoms with E-state index < -0.39 is 10.8 Å². The van der Waals surface area contributed by atoms with Crippen LogP contribution in [0.4, 0.5) is 0 Å². The zero-order valence-electron chi connectivity index (χ0n) is 15.7. The zero-order valence-corrected chi connectivity index (χ0v) is 16.5. The van der Waals surface area contributed by atoms with Gasteiger partial charge in [-0.1, -0.05) is 37.2 Å². The molecular weight excluding hydrogens is 348 g/mol. The molecule has 0 amide bonds. The van der Waals surface area contributed by atoms with Crippen LogP contribution in [0.5, 0.6) is 0 Å². The van der Waals surface area contributed by atoms with Gasteiger partial charge in [0, 0.05) is 36.2 Å². The lowest BCUT2D eigenvalue weighted by molar-refractivity contribution is 0.368. The van der Waals surface area contributed by atoms with Gasteiger partial charge in [0.2, 0.25) is 0 Å². The van der Waals surface area contributed by atoms with Crippen LogP contribution in [-0.4, -0.2) is 34.7 Å². The maximum Gasteiger partial charge on any atom is 0.191 e. The molecule has 6 nitrogen and oxygen atoms in total. The second-order valence-electron chi connectivity index (χ2n) is 5.95. The van der Waals surface area contributed by atoms with Crippen LogP contribution < -0.4 is 10.6 Å². The molecule has 0 spiro atoms. The molecule has 0 saturated heterocycles. The van der Waals surface area contributed by atoms with Gasteiger partial charge in [-0.15, -0.1) is 0 Å². The zero-order chi connectivity index (χ0) is 18.8. The van der Waals surface area contributed by atoms with Gasteiger partial charge < -0.3 is 15.2 Å². The largest absolute Gasteiger partial charge is 0.359 e. The quantitative estimate of drug-likeness (QED) is 0.519. The van der Waals surface area contributed by atoms with Gasteiger partial charge in [-0.2, -0.15) is 0 Å². The van der Waals surface area contributed by atoms with E-state index in [0.717, 1.165) is 29.2 Å². The number of rotatable bonds is 9.